The average Bonchev–Trinajstić information content (AvgIpc) is 3.01. The molecule has 1 saturated carbocycles. The van der Waals surface area contributed by atoms with Crippen molar-refractivity contribution in [3.8, 4) is 0 Å². The van der Waals surface area contributed by atoms with Crippen molar-refractivity contribution in [3.05, 3.63) is 24.0 Å². The Labute approximate surface area is 91.3 Å². The van der Waals surface area contributed by atoms with Crippen LogP contribution in [0.15, 0.2) is 18.3 Å². The van der Waals surface area contributed by atoms with Gasteiger partial charge < -0.3 is 10.6 Å². The zero-order chi connectivity index (χ0) is 10.5. The SMILES string of the molecule is Cc1cc(NCCCNC2CC2)ccn1. The number of rotatable bonds is 6. The van der Waals surface area contributed by atoms with Crippen LogP contribution in [0.5, 0.6) is 0 Å². The van der Waals surface area contributed by atoms with Gasteiger partial charge in [0.05, 0.1) is 0 Å². The van der Waals surface area contributed by atoms with E-state index in [0.717, 1.165) is 24.8 Å². The number of nitrogens with zero attached hydrogens (tertiary/aromatic N) is 1. The Kier molecular flexibility index (Phi) is 3.56. The summed E-state index contributed by atoms with van der Waals surface area (Å²) in [6.45, 7) is 4.17. The molecule has 1 aliphatic carbocycles. The van der Waals surface area contributed by atoms with Crippen LogP contribution in [0.3, 0.4) is 0 Å². The predicted octanol–water partition coefficient (Wildman–Crippen LogP) is 1.94. The van der Waals surface area contributed by atoms with Crippen LogP contribution in [-0.2, 0) is 0 Å². The van der Waals surface area contributed by atoms with Gasteiger partial charge in [-0.15, -0.1) is 0 Å². The van der Waals surface area contributed by atoms with Crippen LogP contribution in [0.25, 0.3) is 0 Å². The normalized spacial score (nSPS) is 15.3. The van der Waals surface area contributed by atoms with E-state index in [9.17, 15) is 0 Å². The third-order valence-electron chi connectivity index (χ3n) is 2.59. The molecule has 0 radical (unpaired) electrons. The molecule has 0 aliphatic heterocycles. The Morgan fingerprint density at radius 2 is 2.27 bits per heavy atom. The van der Waals surface area contributed by atoms with E-state index in [2.05, 4.69) is 21.7 Å². The van der Waals surface area contributed by atoms with Gasteiger partial charge >= 0.3 is 0 Å². The lowest BCUT2D eigenvalue weighted by atomic mass is 10.3. The average molecular weight is 205 g/mol. The summed E-state index contributed by atoms with van der Waals surface area (Å²) in [5.74, 6) is 0. The van der Waals surface area contributed by atoms with Crippen molar-refractivity contribution in [1.82, 2.24) is 10.3 Å². The molecule has 1 aromatic heterocycles. The fourth-order valence-corrected chi connectivity index (χ4v) is 1.57. The van der Waals surface area contributed by atoms with Crippen molar-refractivity contribution >= 4 is 5.69 Å². The number of aryl methyl sites for hydroxylation is 1. The summed E-state index contributed by atoms with van der Waals surface area (Å²) < 4.78 is 0. The summed E-state index contributed by atoms with van der Waals surface area (Å²) in [5.41, 5.74) is 2.24. The van der Waals surface area contributed by atoms with Gasteiger partial charge in [-0.2, -0.15) is 0 Å². The fourth-order valence-electron chi connectivity index (χ4n) is 1.57. The fraction of sp³-hybridized carbons (Fsp3) is 0.583. The van der Waals surface area contributed by atoms with Gasteiger partial charge in [-0.05, 0) is 44.9 Å². The van der Waals surface area contributed by atoms with Crippen molar-refractivity contribution in [2.24, 2.45) is 0 Å². The number of nitrogens with one attached hydrogen (secondary N) is 2. The summed E-state index contributed by atoms with van der Waals surface area (Å²) in [5, 5.41) is 6.90. The molecule has 82 valence electrons. The number of hydrogen-bond acceptors (Lipinski definition) is 3. The molecule has 0 aromatic carbocycles. The van der Waals surface area contributed by atoms with Crippen LogP contribution in [0, 0.1) is 6.92 Å². The summed E-state index contributed by atoms with van der Waals surface area (Å²) in [6.07, 6.45) is 5.77. The number of pyridine rings is 1. The van der Waals surface area contributed by atoms with Crippen molar-refractivity contribution in [2.45, 2.75) is 32.2 Å². The summed E-state index contributed by atoms with van der Waals surface area (Å²) >= 11 is 0. The molecule has 0 amide bonds. The minimum atomic E-state index is 0.827. The lowest BCUT2D eigenvalue weighted by Gasteiger charge is -2.07. The number of hydrogen-bond donors (Lipinski definition) is 2. The maximum absolute atomic E-state index is 4.16. The van der Waals surface area contributed by atoms with Crippen LogP contribution in [0.1, 0.15) is 25.0 Å². The first-order valence-electron chi connectivity index (χ1n) is 5.74. The Bertz CT molecular complexity index is 307. The molecule has 0 bridgehead atoms. The van der Waals surface area contributed by atoms with Crippen molar-refractivity contribution in [2.75, 3.05) is 18.4 Å². The molecular formula is C12H19N3. The summed E-state index contributed by atoms with van der Waals surface area (Å²) in [7, 11) is 0. The number of aromatic nitrogens is 1. The van der Waals surface area contributed by atoms with Gasteiger partial charge in [-0.25, -0.2) is 0 Å². The molecule has 0 spiro atoms. The standard InChI is InChI=1S/C12H19N3/c1-10-9-12(5-8-13-10)15-7-2-6-14-11-3-4-11/h5,8-9,11,14H,2-4,6-7H2,1H3,(H,13,15). The maximum Gasteiger partial charge on any atom is 0.0393 e. The molecular weight excluding hydrogens is 186 g/mol. The monoisotopic (exact) mass is 205 g/mol. The van der Waals surface area contributed by atoms with Gasteiger partial charge in [0, 0.05) is 30.2 Å². The van der Waals surface area contributed by atoms with Crippen LogP contribution in [0.2, 0.25) is 0 Å². The molecule has 1 aromatic rings. The van der Waals surface area contributed by atoms with E-state index in [0.29, 0.717) is 0 Å². The van der Waals surface area contributed by atoms with E-state index >= 15 is 0 Å². The first-order chi connectivity index (χ1) is 7.34. The van der Waals surface area contributed by atoms with Gasteiger partial charge in [0.25, 0.3) is 0 Å². The van der Waals surface area contributed by atoms with Gasteiger partial charge in [-0.3, -0.25) is 4.98 Å². The van der Waals surface area contributed by atoms with Gasteiger partial charge in [0.1, 0.15) is 0 Å². The van der Waals surface area contributed by atoms with E-state index in [-0.39, 0.29) is 0 Å². The molecule has 0 unspecified atom stereocenters. The predicted molar refractivity (Wildman–Crippen MR) is 63.1 cm³/mol. The molecule has 2 N–H and O–H groups in total. The van der Waals surface area contributed by atoms with Crippen LogP contribution in [0.4, 0.5) is 5.69 Å². The molecule has 1 aliphatic rings. The van der Waals surface area contributed by atoms with Crippen molar-refractivity contribution < 1.29 is 0 Å². The first-order valence-corrected chi connectivity index (χ1v) is 5.74. The topological polar surface area (TPSA) is 37.0 Å². The quantitative estimate of drug-likeness (QED) is 0.697. The lowest BCUT2D eigenvalue weighted by Crippen LogP contribution is -2.19. The highest BCUT2D eigenvalue weighted by atomic mass is 15.0. The van der Waals surface area contributed by atoms with E-state index in [1.807, 2.05) is 19.2 Å². The van der Waals surface area contributed by atoms with Crippen molar-refractivity contribution in [1.29, 1.82) is 0 Å². The molecule has 1 fully saturated rings. The highest BCUT2D eigenvalue weighted by Crippen LogP contribution is 2.18. The maximum atomic E-state index is 4.16. The second-order valence-electron chi connectivity index (χ2n) is 4.19. The second kappa shape index (κ2) is 5.12. The van der Waals surface area contributed by atoms with Gasteiger partial charge in [0.15, 0.2) is 0 Å². The Morgan fingerprint density at radius 1 is 1.40 bits per heavy atom. The summed E-state index contributed by atoms with van der Waals surface area (Å²) in [4.78, 5) is 4.16. The van der Waals surface area contributed by atoms with E-state index < -0.39 is 0 Å². The molecule has 2 rings (SSSR count). The molecule has 3 nitrogen and oxygen atoms in total. The van der Waals surface area contributed by atoms with Crippen LogP contribution in [-0.4, -0.2) is 24.1 Å². The Morgan fingerprint density at radius 3 is 3.00 bits per heavy atom. The van der Waals surface area contributed by atoms with Crippen LogP contribution < -0.4 is 10.6 Å². The molecule has 3 heteroatoms. The minimum Gasteiger partial charge on any atom is -0.385 e. The third kappa shape index (κ3) is 3.88. The van der Waals surface area contributed by atoms with Gasteiger partial charge in [0.2, 0.25) is 0 Å². The van der Waals surface area contributed by atoms with Gasteiger partial charge in [-0.1, -0.05) is 0 Å². The molecule has 1 heterocycles. The largest absolute Gasteiger partial charge is 0.385 e. The molecule has 15 heavy (non-hydrogen) atoms. The Balaban J connectivity index is 1.60. The van der Waals surface area contributed by atoms with E-state index in [1.54, 1.807) is 0 Å². The second-order valence-corrected chi connectivity index (χ2v) is 4.19. The minimum absolute atomic E-state index is 0.827. The van der Waals surface area contributed by atoms with Crippen molar-refractivity contribution in [3.63, 3.8) is 0 Å². The van der Waals surface area contributed by atoms with E-state index in [1.165, 1.54) is 24.9 Å². The third-order valence-corrected chi connectivity index (χ3v) is 2.59. The summed E-state index contributed by atoms with van der Waals surface area (Å²) in [6, 6.07) is 4.92. The molecule has 0 saturated heterocycles. The highest BCUT2D eigenvalue weighted by Gasteiger charge is 2.19. The number of anilines is 1. The highest BCUT2D eigenvalue weighted by molar-refractivity contribution is 5.42. The zero-order valence-electron chi connectivity index (χ0n) is 9.29. The molecule has 0 atom stereocenters. The van der Waals surface area contributed by atoms with Crippen LogP contribution >= 0.6 is 0 Å². The first kappa shape index (κ1) is 10.4. The smallest absolute Gasteiger partial charge is 0.0393 e. The van der Waals surface area contributed by atoms with E-state index in [4.69, 9.17) is 0 Å². The lowest BCUT2D eigenvalue weighted by molar-refractivity contribution is 0.659. The Hall–Kier alpha value is -1.09. The zero-order valence-corrected chi connectivity index (χ0v) is 9.29.